The van der Waals surface area contributed by atoms with E-state index in [0.29, 0.717) is 12.1 Å². The van der Waals surface area contributed by atoms with Crippen LogP contribution in [0, 0.1) is 6.92 Å². The molecule has 0 saturated heterocycles. The summed E-state index contributed by atoms with van der Waals surface area (Å²) in [4.78, 5) is 29.6. The number of anilines is 1. The van der Waals surface area contributed by atoms with Crippen LogP contribution in [-0.4, -0.2) is 49.5 Å². The van der Waals surface area contributed by atoms with Gasteiger partial charge in [0, 0.05) is 18.5 Å². The number of benzene rings is 3. The molecule has 2 amide bonds. The summed E-state index contributed by atoms with van der Waals surface area (Å²) < 4.78 is 27.2. The van der Waals surface area contributed by atoms with Crippen molar-refractivity contribution in [3.05, 3.63) is 101 Å². The van der Waals surface area contributed by atoms with Gasteiger partial charge in [0.25, 0.3) is 0 Å². The molecule has 0 aromatic heterocycles. The van der Waals surface area contributed by atoms with Crippen LogP contribution in [0.4, 0.5) is 5.69 Å². The first-order valence-corrected chi connectivity index (χ1v) is 15.4. The van der Waals surface area contributed by atoms with Crippen LogP contribution in [0.3, 0.4) is 0 Å². The van der Waals surface area contributed by atoms with Gasteiger partial charge < -0.3 is 10.2 Å². The van der Waals surface area contributed by atoms with Crippen molar-refractivity contribution in [3.63, 3.8) is 0 Å². The van der Waals surface area contributed by atoms with Crippen LogP contribution in [0.15, 0.2) is 78.9 Å². The molecule has 7 nitrogen and oxygen atoms in total. The quantitative estimate of drug-likeness (QED) is 0.360. The van der Waals surface area contributed by atoms with E-state index in [9.17, 15) is 18.0 Å². The number of nitrogens with one attached hydrogen (secondary N) is 1. The molecule has 0 radical (unpaired) electrons. The summed E-state index contributed by atoms with van der Waals surface area (Å²) in [5, 5.41) is 3.04. The van der Waals surface area contributed by atoms with Crippen LogP contribution < -0.4 is 9.62 Å². The first-order chi connectivity index (χ1) is 18.8. The van der Waals surface area contributed by atoms with E-state index >= 15 is 0 Å². The molecule has 0 aliphatic carbocycles. The largest absolute Gasteiger partial charge is 0.350 e. The lowest BCUT2D eigenvalue weighted by Gasteiger charge is -2.35. The van der Waals surface area contributed by atoms with E-state index in [2.05, 4.69) is 5.32 Å². The van der Waals surface area contributed by atoms with Crippen LogP contribution in [-0.2, 0) is 39.0 Å². The Bertz CT molecular complexity index is 1420. The second kappa shape index (κ2) is 13.1. The molecule has 1 atom stereocenters. The monoisotopic (exact) mass is 563 g/mol. The van der Waals surface area contributed by atoms with Crippen molar-refractivity contribution >= 4 is 27.5 Å². The van der Waals surface area contributed by atoms with Crippen molar-refractivity contribution in [2.45, 2.75) is 65.6 Å². The lowest BCUT2D eigenvalue weighted by molar-refractivity contribution is -0.140. The number of sulfonamides is 1. The van der Waals surface area contributed by atoms with Gasteiger partial charge in [-0.3, -0.25) is 13.9 Å². The summed E-state index contributed by atoms with van der Waals surface area (Å²) in [5.41, 5.74) is 3.52. The summed E-state index contributed by atoms with van der Waals surface area (Å²) in [6.07, 6.45) is 1.99. The lowest BCUT2D eigenvalue weighted by atomic mass is 10.00. The number of para-hydroxylation sites is 1. The summed E-state index contributed by atoms with van der Waals surface area (Å²) >= 11 is 0. The maximum Gasteiger partial charge on any atom is 0.244 e. The average molecular weight is 564 g/mol. The van der Waals surface area contributed by atoms with E-state index in [1.165, 1.54) is 4.90 Å². The van der Waals surface area contributed by atoms with Crippen LogP contribution in [0.5, 0.6) is 0 Å². The number of aryl methyl sites for hydroxylation is 2. The van der Waals surface area contributed by atoms with Crippen LogP contribution >= 0.6 is 0 Å². The second-order valence-corrected chi connectivity index (χ2v) is 13.1. The minimum Gasteiger partial charge on any atom is -0.350 e. The van der Waals surface area contributed by atoms with Crippen LogP contribution in [0.2, 0.25) is 0 Å². The van der Waals surface area contributed by atoms with Gasteiger partial charge in [-0.25, -0.2) is 8.42 Å². The standard InChI is InChI=1S/C32H41N3O4S/c1-7-26-18-13-14-20-28(26)35(40(6,38)39)23-30(36)34(22-27-19-12-11-15-24(27)2)29(31(37)33-32(3,4)5)21-25-16-9-8-10-17-25/h8-20,29H,7,21-23H2,1-6H3,(H,33,37). The molecule has 0 bridgehead atoms. The molecule has 0 spiro atoms. The SMILES string of the molecule is CCc1ccccc1N(CC(=O)N(Cc1ccccc1C)C(Cc1ccccc1)C(=O)NC(C)(C)C)S(C)(=O)=O. The van der Waals surface area contributed by atoms with E-state index < -0.39 is 34.1 Å². The molecule has 8 heteroatoms. The zero-order valence-electron chi connectivity index (χ0n) is 24.3. The van der Waals surface area contributed by atoms with Crippen LogP contribution in [0.25, 0.3) is 0 Å². The highest BCUT2D eigenvalue weighted by molar-refractivity contribution is 7.92. The second-order valence-electron chi connectivity index (χ2n) is 11.1. The molecule has 0 saturated carbocycles. The van der Waals surface area contributed by atoms with Gasteiger partial charge in [-0.05, 0) is 62.4 Å². The van der Waals surface area contributed by atoms with E-state index in [-0.39, 0.29) is 18.9 Å². The third kappa shape index (κ3) is 8.42. The number of nitrogens with zero attached hydrogens (tertiary/aromatic N) is 2. The van der Waals surface area contributed by atoms with Gasteiger partial charge in [0.1, 0.15) is 12.6 Å². The maximum atomic E-state index is 14.2. The molecule has 214 valence electrons. The summed E-state index contributed by atoms with van der Waals surface area (Å²) in [5.74, 6) is -0.747. The van der Waals surface area contributed by atoms with Gasteiger partial charge in [0.15, 0.2) is 0 Å². The maximum absolute atomic E-state index is 14.2. The van der Waals surface area contributed by atoms with Gasteiger partial charge >= 0.3 is 0 Å². The van der Waals surface area contributed by atoms with Gasteiger partial charge in [-0.2, -0.15) is 0 Å². The molecule has 0 aliphatic rings. The number of hydrogen-bond acceptors (Lipinski definition) is 4. The summed E-state index contributed by atoms with van der Waals surface area (Å²) in [6, 6.07) is 23.6. The van der Waals surface area contributed by atoms with Gasteiger partial charge in [-0.1, -0.05) is 79.7 Å². The van der Waals surface area contributed by atoms with Crippen molar-refractivity contribution in [1.29, 1.82) is 0 Å². The molecule has 0 aliphatic heterocycles. The zero-order valence-corrected chi connectivity index (χ0v) is 25.2. The Hall–Kier alpha value is -3.65. The Balaban J connectivity index is 2.11. The molecular weight excluding hydrogens is 522 g/mol. The van der Waals surface area contributed by atoms with Crippen molar-refractivity contribution in [2.75, 3.05) is 17.1 Å². The predicted molar refractivity (Wildman–Crippen MR) is 162 cm³/mol. The Morgan fingerprint density at radius 3 is 2.02 bits per heavy atom. The minimum absolute atomic E-state index is 0.160. The first-order valence-electron chi connectivity index (χ1n) is 13.6. The van der Waals surface area contributed by atoms with E-state index in [1.807, 2.05) is 101 Å². The van der Waals surface area contributed by atoms with E-state index in [0.717, 1.165) is 32.8 Å². The highest BCUT2D eigenvalue weighted by Crippen LogP contribution is 2.25. The third-order valence-electron chi connectivity index (χ3n) is 6.69. The van der Waals surface area contributed by atoms with Crippen molar-refractivity contribution < 1.29 is 18.0 Å². The van der Waals surface area contributed by atoms with Gasteiger partial charge in [0.2, 0.25) is 21.8 Å². The normalized spacial score (nSPS) is 12.4. The highest BCUT2D eigenvalue weighted by atomic mass is 32.2. The van der Waals surface area contributed by atoms with Crippen molar-refractivity contribution in [2.24, 2.45) is 0 Å². The number of rotatable bonds is 11. The number of carbonyl (C=O) groups excluding carboxylic acids is 2. The Morgan fingerprint density at radius 1 is 0.875 bits per heavy atom. The fraction of sp³-hybridized carbons (Fsp3) is 0.375. The molecule has 0 fully saturated rings. The Labute approximate surface area is 239 Å². The molecule has 3 aromatic rings. The molecule has 3 aromatic carbocycles. The summed E-state index contributed by atoms with van der Waals surface area (Å²) in [7, 11) is -3.81. The first kappa shape index (κ1) is 30.9. The van der Waals surface area contributed by atoms with Crippen LogP contribution in [0.1, 0.15) is 49.9 Å². The third-order valence-corrected chi connectivity index (χ3v) is 7.82. The average Bonchev–Trinajstić information content (AvgIpc) is 2.89. The lowest BCUT2D eigenvalue weighted by Crippen LogP contribution is -2.56. The molecule has 1 N–H and O–H groups in total. The number of carbonyl (C=O) groups is 2. The number of hydrogen-bond donors (Lipinski definition) is 1. The fourth-order valence-electron chi connectivity index (χ4n) is 4.63. The highest BCUT2D eigenvalue weighted by Gasteiger charge is 2.34. The fourth-order valence-corrected chi connectivity index (χ4v) is 5.51. The Kier molecular flexibility index (Phi) is 10.1. The summed E-state index contributed by atoms with van der Waals surface area (Å²) in [6.45, 7) is 9.32. The number of amides is 2. The van der Waals surface area contributed by atoms with Gasteiger partial charge in [-0.15, -0.1) is 0 Å². The van der Waals surface area contributed by atoms with E-state index in [1.54, 1.807) is 12.1 Å². The zero-order chi connectivity index (χ0) is 29.5. The topological polar surface area (TPSA) is 86.8 Å². The smallest absolute Gasteiger partial charge is 0.244 e. The van der Waals surface area contributed by atoms with Gasteiger partial charge in [0.05, 0.1) is 11.9 Å². The molecule has 3 rings (SSSR count). The minimum atomic E-state index is -3.81. The van der Waals surface area contributed by atoms with E-state index in [4.69, 9.17) is 0 Å². The Morgan fingerprint density at radius 2 is 1.45 bits per heavy atom. The molecule has 1 unspecified atom stereocenters. The predicted octanol–water partition coefficient (Wildman–Crippen LogP) is 4.88. The van der Waals surface area contributed by atoms with Crippen molar-refractivity contribution in [1.82, 2.24) is 10.2 Å². The molecular formula is C32H41N3O4S. The van der Waals surface area contributed by atoms with Crippen molar-refractivity contribution in [3.8, 4) is 0 Å². The molecule has 0 heterocycles. The molecule has 40 heavy (non-hydrogen) atoms.